The summed E-state index contributed by atoms with van der Waals surface area (Å²) < 4.78 is 0. The van der Waals surface area contributed by atoms with Gasteiger partial charge in [-0.2, -0.15) is 0 Å². The van der Waals surface area contributed by atoms with Crippen LogP contribution in [0.25, 0.3) is 0 Å². The maximum atomic E-state index is 8.72. The molecule has 0 saturated heterocycles. The monoisotopic (exact) mass is 158 g/mol. The van der Waals surface area contributed by atoms with E-state index in [9.17, 15) is 0 Å². The van der Waals surface area contributed by atoms with E-state index in [1.807, 2.05) is 0 Å². The maximum absolute atomic E-state index is 8.72. The van der Waals surface area contributed by atoms with Crippen LogP contribution in [0.4, 0.5) is 0 Å². The summed E-state index contributed by atoms with van der Waals surface area (Å²) in [7, 11) is 0. The van der Waals surface area contributed by atoms with E-state index in [0.717, 1.165) is 0 Å². The summed E-state index contributed by atoms with van der Waals surface area (Å²) in [6.45, 7) is 0. The van der Waals surface area contributed by atoms with Crippen molar-refractivity contribution >= 4 is 0 Å². The molecule has 0 aliphatic heterocycles. The molecule has 0 N–H and O–H groups in total. The first-order valence-electron chi connectivity index (χ1n) is 1.00. The minimum absolute atomic E-state index is 0. The predicted molar refractivity (Wildman–Crippen MR) is 5.42 cm³/mol. The van der Waals surface area contributed by atoms with E-state index in [1.54, 1.807) is 0 Å². The molecular formula is Na2O7. The van der Waals surface area contributed by atoms with Crippen LogP contribution in [-0.2, 0) is 25.2 Å². The molecule has 0 radical (unpaired) electrons. The topological polar surface area (TPSA) is 92.3 Å². The number of hydrogen-bond donors (Lipinski definition) is 0. The van der Waals surface area contributed by atoms with E-state index in [4.69, 9.17) is 10.5 Å². The Morgan fingerprint density at radius 2 is 1.00 bits per heavy atom. The normalized spacial score (nSPS) is 7.33. The Bertz CT molecular complexity index is 26.1. The van der Waals surface area contributed by atoms with Crippen LogP contribution in [0, 0.1) is 0 Å². The quantitative estimate of drug-likeness (QED) is 0.173. The molecule has 9 heteroatoms. The summed E-state index contributed by atoms with van der Waals surface area (Å²) in [5, 5.41) is 31.5. The Kier molecular flexibility index (Phi) is 30.9. The second kappa shape index (κ2) is 16.4. The van der Waals surface area contributed by atoms with E-state index >= 15 is 0 Å². The molecule has 44 valence electrons. The molecule has 0 saturated carbocycles. The zero-order chi connectivity index (χ0) is 5.54. The van der Waals surface area contributed by atoms with Gasteiger partial charge in [0.15, 0.2) is 0 Å². The number of hydrogen-bond acceptors (Lipinski definition) is 7. The third kappa shape index (κ3) is 17.7. The first kappa shape index (κ1) is 17.0. The zero-order valence-electron chi connectivity index (χ0n) is 4.86. The van der Waals surface area contributed by atoms with Crippen molar-refractivity contribution in [3.05, 3.63) is 0 Å². The zero-order valence-corrected chi connectivity index (χ0v) is 8.86. The average molecular weight is 158 g/mol. The van der Waals surface area contributed by atoms with Crippen molar-refractivity contribution in [1.29, 1.82) is 0 Å². The summed E-state index contributed by atoms with van der Waals surface area (Å²) in [5.74, 6) is 0. The van der Waals surface area contributed by atoms with Gasteiger partial charge < -0.3 is 10.5 Å². The van der Waals surface area contributed by atoms with Crippen LogP contribution in [0.5, 0.6) is 0 Å². The average Bonchev–Trinajstić information content (AvgIpc) is 1.69. The van der Waals surface area contributed by atoms with Crippen molar-refractivity contribution in [3.8, 4) is 0 Å². The van der Waals surface area contributed by atoms with E-state index in [-0.39, 0.29) is 59.1 Å². The van der Waals surface area contributed by atoms with Crippen molar-refractivity contribution < 1.29 is 94.8 Å². The summed E-state index contributed by atoms with van der Waals surface area (Å²) in [5.41, 5.74) is 0. The molecule has 0 unspecified atom stereocenters. The van der Waals surface area contributed by atoms with Crippen LogP contribution in [0.2, 0.25) is 0 Å². The first-order valence-corrected chi connectivity index (χ1v) is 1.00. The molecule has 0 rings (SSSR count). The Balaban J connectivity index is -0.000000180. The molecule has 0 atom stereocenters. The molecule has 0 aromatic rings. The Labute approximate surface area is 93.9 Å². The number of rotatable bonds is 4. The van der Waals surface area contributed by atoms with Gasteiger partial charge in [0.2, 0.25) is 0 Å². The fraction of sp³-hybridized carbons (Fsp3) is 0. The van der Waals surface area contributed by atoms with Crippen LogP contribution in [0.1, 0.15) is 0 Å². The molecule has 0 aliphatic carbocycles. The summed E-state index contributed by atoms with van der Waals surface area (Å²) in [4.78, 5) is 0. The Morgan fingerprint density at radius 3 is 1.22 bits per heavy atom. The minimum atomic E-state index is 0. The summed E-state index contributed by atoms with van der Waals surface area (Å²) in [6.07, 6.45) is 0. The standard InChI is InChI=1S/2Na.H2O7/c;;1-3-5-7-6-4-2/h;;1-2H/q2*+1;/p-2. The van der Waals surface area contributed by atoms with Gasteiger partial charge >= 0.3 is 59.1 Å². The first-order chi connectivity index (χ1) is 3.41. The summed E-state index contributed by atoms with van der Waals surface area (Å²) in [6, 6.07) is 0. The van der Waals surface area contributed by atoms with Gasteiger partial charge in [0.05, 0.1) is 0 Å². The van der Waals surface area contributed by atoms with Gasteiger partial charge in [0.1, 0.15) is 0 Å². The Morgan fingerprint density at radius 1 is 0.667 bits per heavy atom. The fourth-order valence-electron chi connectivity index (χ4n) is 0.0340. The molecule has 0 heterocycles. The third-order valence-electron chi connectivity index (χ3n) is 0.111. The van der Waals surface area contributed by atoms with Crippen LogP contribution in [0.15, 0.2) is 0 Å². The van der Waals surface area contributed by atoms with Crippen LogP contribution in [0.3, 0.4) is 0 Å². The van der Waals surface area contributed by atoms with Gasteiger partial charge in [0, 0.05) is 0 Å². The van der Waals surface area contributed by atoms with Gasteiger partial charge in [-0.1, -0.05) is 0 Å². The van der Waals surface area contributed by atoms with Crippen LogP contribution < -0.4 is 69.6 Å². The molecule has 0 aliphatic rings. The van der Waals surface area contributed by atoms with Crippen LogP contribution >= 0.6 is 0 Å². The van der Waals surface area contributed by atoms with Gasteiger partial charge in [-0.05, 0) is 15.1 Å². The molecular weight excluding hydrogens is 158 g/mol. The van der Waals surface area contributed by atoms with Gasteiger partial charge in [0.25, 0.3) is 0 Å². The molecule has 0 bridgehead atoms. The second-order valence-electron chi connectivity index (χ2n) is 0.340. The Hall–Kier alpha value is 1.72. The second-order valence-corrected chi connectivity index (χ2v) is 0.340. The van der Waals surface area contributed by atoms with Crippen molar-refractivity contribution in [1.82, 2.24) is 0 Å². The molecule has 0 spiro atoms. The predicted octanol–water partition coefficient (Wildman–Crippen LogP) is -8.71. The van der Waals surface area contributed by atoms with E-state index < -0.39 is 0 Å². The molecule has 9 heavy (non-hydrogen) atoms. The van der Waals surface area contributed by atoms with E-state index in [1.165, 1.54) is 0 Å². The summed E-state index contributed by atoms with van der Waals surface area (Å²) >= 11 is 0. The van der Waals surface area contributed by atoms with Gasteiger partial charge in [-0.15, -0.1) is 0 Å². The minimum Gasteiger partial charge on any atom is -0.689 e. The molecule has 0 fully saturated rings. The molecule has 0 amide bonds. The van der Waals surface area contributed by atoms with E-state index in [0.29, 0.717) is 0 Å². The maximum Gasteiger partial charge on any atom is 1.00 e. The van der Waals surface area contributed by atoms with Crippen LogP contribution in [-0.4, -0.2) is 0 Å². The van der Waals surface area contributed by atoms with E-state index in [2.05, 4.69) is 25.2 Å². The molecule has 0 aromatic carbocycles. The van der Waals surface area contributed by atoms with Crippen molar-refractivity contribution in [3.63, 3.8) is 0 Å². The van der Waals surface area contributed by atoms with Crippen molar-refractivity contribution in [2.24, 2.45) is 0 Å². The fourth-order valence-corrected chi connectivity index (χ4v) is 0.0340. The SMILES string of the molecule is [Na+].[Na+].[O-]OOOOO[O-]. The van der Waals surface area contributed by atoms with Gasteiger partial charge in [-0.3, -0.25) is 10.1 Å². The van der Waals surface area contributed by atoms with Gasteiger partial charge in [-0.25, -0.2) is 0 Å². The molecule has 7 nitrogen and oxygen atoms in total. The van der Waals surface area contributed by atoms with Crippen molar-refractivity contribution in [2.45, 2.75) is 0 Å². The third-order valence-corrected chi connectivity index (χ3v) is 0.111. The largest absolute Gasteiger partial charge is 1.00 e. The molecule has 0 aromatic heterocycles. The smallest absolute Gasteiger partial charge is 0.689 e. The van der Waals surface area contributed by atoms with Crippen molar-refractivity contribution in [2.75, 3.05) is 0 Å².